The van der Waals surface area contributed by atoms with Crippen molar-refractivity contribution in [1.29, 1.82) is 0 Å². The van der Waals surface area contributed by atoms with Gasteiger partial charge in [-0.05, 0) is 98.2 Å². The minimum Gasteiger partial charge on any atom is -0.456 e. The van der Waals surface area contributed by atoms with E-state index in [1.807, 2.05) is 18.2 Å². The van der Waals surface area contributed by atoms with Crippen molar-refractivity contribution in [2.24, 2.45) is 0 Å². The number of rotatable bonds is 5. The molecule has 3 nitrogen and oxygen atoms in total. The lowest BCUT2D eigenvalue weighted by atomic mass is 9.90. The van der Waals surface area contributed by atoms with Crippen LogP contribution in [-0.4, -0.2) is 0 Å². The predicted molar refractivity (Wildman–Crippen MR) is 239 cm³/mol. The summed E-state index contributed by atoms with van der Waals surface area (Å²) >= 11 is 0. The Labute approximate surface area is 328 Å². The highest BCUT2D eigenvalue weighted by atomic mass is 16.3. The maximum atomic E-state index is 6.65. The van der Waals surface area contributed by atoms with Crippen molar-refractivity contribution in [3.63, 3.8) is 0 Å². The summed E-state index contributed by atoms with van der Waals surface area (Å²) in [5.41, 5.74) is 11.3. The molecule has 57 heavy (non-hydrogen) atoms. The SMILES string of the molecule is c1ccc(-c2ccccc2N(c2ccc(-c3ccc4c5ccccc5c5c(ccc6oc7ccccc7c65)c4c3)cc2)c2cccc3c2oc2ccccc23)cc1. The molecule has 0 aliphatic heterocycles. The van der Waals surface area contributed by atoms with Crippen LogP contribution in [0.25, 0.3) is 98.4 Å². The summed E-state index contributed by atoms with van der Waals surface area (Å²) in [6.07, 6.45) is 0. The summed E-state index contributed by atoms with van der Waals surface area (Å²) in [5, 5.41) is 11.9. The summed E-state index contributed by atoms with van der Waals surface area (Å²) in [6.45, 7) is 0. The van der Waals surface area contributed by atoms with Crippen molar-refractivity contribution < 1.29 is 8.83 Å². The molecule has 0 saturated carbocycles. The molecule has 2 heterocycles. The average Bonchev–Trinajstić information content (AvgIpc) is 3.86. The molecule has 0 radical (unpaired) electrons. The predicted octanol–water partition coefficient (Wildman–Crippen LogP) is 15.7. The number of fused-ring (bicyclic) bond motifs is 13. The van der Waals surface area contributed by atoms with Gasteiger partial charge >= 0.3 is 0 Å². The van der Waals surface area contributed by atoms with Crippen molar-refractivity contribution >= 4 is 93.3 Å². The van der Waals surface area contributed by atoms with E-state index in [4.69, 9.17) is 8.83 Å². The lowest BCUT2D eigenvalue weighted by Gasteiger charge is -2.28. The summed E-state index contributed by atoms with van der Waals surface area (Å²) in [5.74, 6) is 0. The normalized spacial score (nSPS) is 11.9. The first-order valence-electron chi connectivity index (χ1n) is 19.4. The summed E-state index contributed by atoms with van der Waals surface area (Å²) in [7, 11) is 0. The Balaban J connectivity index is 1.05. The second-order valence-corrected chi connectivity index (χ2v) is 14.8. The van der Waals surface area contributed by atoms with Crippen LogP contribution in [-0.2, 0) is 0 Å². The number of furan rings is 2. The smallest absolute Gasteiger partial charge is 0.159 e. The maximum Gasteiger partial charge on any atom is 0.159 e. The number of anilines is 3. The van der Waals surface area contributed by atoms with Gasteiger partial charge in [-0.25, -0.2) is 0 Å². The van der Waals surface area contributed by atoms with Crippen LogP contribution >= 0.6 is 0 Å². The highest BCUT2D eigenvalue weighted by Gasteiger charge is 2.22. The zero-order valence-corrected chi connectivity index (χ0v) is 30.8. The van der Waals surface area contributed by atoms with E-state index in [0.717, 1.165) is 72.2 Å². The number of hydrogen-bond acceptors (Lipinski definition) is 3. The maximum absolute atomic E-state index is 6.65. The molecule has 0 aliphatic carbocycles. The monoisotopic (exact) mass is 727 g/mol. The minimum atomic E-state index is 0.860. The van der Waals surface area contributed by atoms with Crippen molar-refractivity contribution in [3.05, 3.63) is 200 Å². The Kier molecular flexibility index (Phi) is 6.93. The van der Waals surface area contributed by atoms with Gasteiger partial charge in [0.25, 0.3) is 0 Å². The molecule has 0 N–H and O–H groups in total. The van der Waals surface area contributed by atoms with Crippen LogP contribution in [0.1, 0.15) is 0 Å². The number of hydrogen-bond donors (Lipinski definition) is 0. The van der Waals surface area contributed by atoms with Gasteiger partial charge in [0.2, 0.25) is 0 Å². The fourth-order valence-corrected chi connectivity index (χ4v) is 9.09. The fourth-order valence-electron chi connectivity index (χ4n) is 9.09. The Morgan fingerprint density at radius 2 is 0.895 bits per heavy atom. The molecular formula is C54H33NO2. The van der Waals surface area contributed by atoms with Crippen LogP contribution in [0.4, 0.5) is 17.1 Å². The summed E-state index contributed by atoms with van der Waals surface area (Å²) in [4.78, 5) is 2.34. The quantitative estimate of drug-likeness (QED) is 0.165. The van der Waals surface area contributed by atoms with E-state index in [1.165, 1.54) is 43.3 Å². The zero-order chi connectivity index (χ0) is 37.5. The van der Waals surface area contributed by atoms with Crippen molar-refractivity contribution in [2.45, 2.75) is 0 Å². The molecule has 0 spiro atoms. The molecule has 266 valence electrons. The van der Waals surface area contributed by atoms with E-state index in [1.54, 1.807) is 0 Å². The van der Waals surface area contributed by atoms with Gasteiger partial charge in [0.15, 0.2) is 5.58 Å². The Bertz CT molecular complexity index is 3520. The molecule has 0 amide bonds. The molecule has 2 aromatic heterocycles. The molecule has 12 aromatic rings. The van der Waals surface area contributed by atoms with Crippen molar-refractivity contribution in [1.82, 2.24) is 0 Å². The summed E-state index contributed by atoms with van der Waals surface area (Å²) < 4.78 is 13.0. The van der Waals surface area contributed by atoms with Crippen LogP contribution in [0, 0.1) is 0 Å². The van der Waals surface area contributed by atoms with E-state index in [9.17, 15) is 0 Å². The zero-order valence-electron chi connectivity index (χ0n) is 30.8. The lowest BCUT2D eigenvalue weighted by molar-refractivity contribution is 0.669. The van der Waals surface area contributed by atoms with Crippen molar-refractivity contribution in [3.8, 4) is 22.3 Å². The molecule has 0 saturated heterocycles. The number of nitrogens with zero attached hydrogens (tertiary/aromatic N) is 1. The van der Waals surface area contributed by atoms with Gasteiger partial charge in [0.1, 0.15) is 16.7 Å². The third-order valence-corrected chi connectivity index (χ3v) is 11.7. The first-order valence-corrected chi connectivity index (χ1v) is 19.4. The van der Waals surface area contributed by atoms with Crippen LogP contribution < -0.4 is 4.90 Å². The van der Waals surface area contributed by atoms with Gasteiger partial charge in [0.05, 0.1) is 11.4 Å². The van der Waals surface area contributed by atoms with E-state index in [-0.39, 0.29) is 0 Å². The number of para-hydroxylation sites is 4. The van der Waals surface area contributed by atoms with Crippen LogP contribution in [0.5, 0.6) is 0 Å². The summed E-state index contributed by atoms with van der Waals surface area (Å²) in [6, 6.07) is 71.4. The van der Waals surface area contributed by atoms with Gasteiger partial charge in [0, 0.05) is 38.2 Å². The molecule has 10 aromatic carbocycles. The van der Waals surface area contributed by atoms with Gasteiger partial charge in [-0.2, -0.15) is 0 Å². The Hall–Kier alpha value is -7.62. The molecule has 3 heteroatoms. The topological polar surface area (TPSA) is 29.5 Å². The molecule has 0 unspecified atom stereocenters. The molecule has 0 atom stereocenters. The molecular weight excluding hydrogens is 695 g/mol. The molecule has 12 rings (SSSR count). The van der Waals surface area contributed by atoms with E-state index in [0.29, 0.717) is 0 Å². The first-order chi connectivity index (χ1) is 28.3. The highest BCUT2D eigenvalue weighted by Crippen LogP contribution is 2.47. The van der Waals surface area contributed by atoms with Gasteiger partial charge < -0.3 is 13.7 Å². The van der Waals surface area contributed by atoms with E-state index in [2.05, 4.69) is 187 Å². The molecule has 0 aliphatic rings. The largest absolute Gasteiger partial charge is 0.456 e. The molecule has 0 bridgehead atoms. The number of benzene rings is 10. The molecule has 0 fully saturated rings. The third-order valence-electron chi connectivity index (χ3n) is 11.7. The van der Waals surface area contributed by atoms with Crippen LogP contribution in [0.15, 0.2) is 209 Å². The van der Waals surface area contributed by atoms with E-state index < -0.39 is 0 Å². The second-order valence-electron chi connectivity index (χ2n) is 14.8. The minimum absolute atomic E-state index is 0.860. The fraction of sp³-hybridized carbons (Fsp3) is 0. The van der Waals surface area contributed by atoms with E-state index >= 15 is 0 Å². The van der Waals surface area contributed by atoms with Gasteiger partial charge in [-0.3, -0.25) is 0 Å². The second kappa shape index (κ2) is 12.5. The Morgan fingerprint density at radius 3 is 1.74 bits per heavy atom. The first kappa shape index (κ1) is 31.7. The van der Waals surface area contributed by atoms with Crippen molar-refractivity contribution in [2.75, 3.05) is 4.90 Å². The van der Waals surface area contributed by atoms with Gasteiger partial charge in [-0.1, -0.05) is 146 Å². The highest BCUT2D eigenvalue weighted by molar-refractivity contribution is 6.34. The van der Waals surface area contributed by atoms with Gasteiger partial charge in [-0.15, -0.1) is 0 Å². The third kappa shape index (κ3) is 4.86. The van der Waals surface area contributed by atoms with Crippen LogP contribution in [0.2, 0.25) is 0 Å². The standard InChI is InChI=1S/C54H33NO2/c1-2-13-35(14-3-1)38-15-6-9-21-47(38)55(48-22-12-20-44-41-17-7-10-23-49(41)57-54(44)48)37-28-25-34(26-29-37)36-27-30-40-39-16-4-5-18-42(39)52-43(46(40)33-36)31-32-51-53(52)45-19-8-11-24-50(45)56-51/h1-33H. The van der Waals surface area contributed by atoms with Crippen LogP contribution in [0.3, 0.4) is 0 Å². The lowest BCUT2D eigenvalue weighted by Crippen LogP contribution is -2.11. The Morgan fingerprint density at radius 1 is 0.298 bits per heavy atom. The average molecular weight is 728 g/mol.